The Hall–Kier alpha value is -8.48. The maximum atomic E-state index is 5.18. The summed E-state index contributed by atoms with van der Waals surface area (Å²) >= 11 is 0. The Bertz CT molecular complexity index is 3520. The Morgan fingerprint density at radius 2 is 0.726 bits per heavy atom. The van der Waals surface area contributed by atoms with Crippen LogP contribution in [-0.2, 0) is 0 Å². The van der Waals surface area contributed by atoms with Gasteiger partial charge in [0, 0.05) is 61.2 Å². The number of para-hydroxylation sites is 4. The largest absolute Gasteiger partial charge is 0.309 e. The summed E-state index contributed by atoms with van der Waals surface area (Å²) in [6.07, 6.45) is 1.92. The Morgan fingerprint density at radius 3 is 1.27 bits per heavy atom. The molecule has 0 aliphatic carbocycles. The third-order valence-corrected chi connectivity index (χ3v) is 11.8. The SMILES string of the molecule is c1ccc(-c2nc(-c3ccc(-c4nccc(-c5ccccc5)c4-n4c5ccccc5c5ccccc54)cc3)nc(-c3cccc(-n4c5ccccc5c5ccccc54)c3)n2)cc1. The first-order chi connectivity index (χ1) is 30.8. The van der Waals surface area contributed by atoms with E-state index in [1.165, 1.54) is 21.5 Å². The first-order valence-electron chi connectivity index (χ1n) is 20.8. The first-order valence-corrected chi connectivity index (χ1v) is 20.8. The Morgan fingerprint density at radius 1 is 0.306 bits per heavy atom. The third-order valence-electron chi connectivity index (χ3n) is 11.8. The second-order valence-corrected chi connectivity index (χ2v) is 15.5. The van der Waals surface area contributed by atoms with Crippen LogP contribution in [0.3, 0.4) is 0 Å². The van der Waals surface area contributed by atoms with Crippen LogP contribution in [0.2, 0.25) is 0 Å². The minimum atomic E-state index is 0.594. The number of pyridine rings is 1. The zero-order chi connectivity index (χ0) is 41.0. The fourth-order valence-corrected chi connectivity index (χ4v) is 9.02. The van der Waals surface area contributed by atoms with Gasteiger partial charge in [0.25, 0.3) is 0 Å². The summed E-state index contributed by atoms with van der Waals surface area (Å²) < 4.78 is 4.70. The van der Waals surface area contributed by atoms with Gasteiger partial charge in [-0.2, -0.15) is 0 Å². The van der Waals surface area contributed by atoms with Crippen LogP contribution < -0.4 is 0 Å². The minimum Gasteiger partial charge on any atom is -0.309 e. The van der Waals surface area contributed by atoms with Gasteiger partial charge in [0.2, 0.25) is 0 Å². The van der Waals surface area contributed by atoms with Crippen LogP contribution in [0.1, 0.15) is 0 Å². The molecule has 0 N–H and O–H groups in total. The molecule has 6 nitrogen and oxygen atoms in total. The molecule has 0 spiro atoms. The van der Waals surface area contributed by atoms with Crippen molar-refractivity contribution in [1.82, 2.24) is 29.1 Å². The summed E-state index contributed by atoms with van der Waals surface area (Å²) in [5.74, 6) is 1.81. The fraction of sp³-hybridized carbons (Fsp3) is 0. The molecule has 0 fully saturated rings. The molecule has 4 aromatic heterocycles. The van der Waals surface area contributed by atoms with E-state index in [4.69, 9.17) is 19.9 Å². The highest BCUT2D eigenvalue weighted by Crippen LogP contribution is 2.41. The van der Waals surface area contributed by atoms with Crippen LogP contribution in [0.5, 0.6) is 0 Å². The third kappa shape index (κ3) is 5.88. The van der Waals surface area contributed by atoms with E-state index < -0.39 is 0 Å². The molecule has 0 aliphatic rings. The van der Waals surface area contributed by atoms with Crippen molar-refractivity contribution in [2.24, 2.45) is 0 Å². The Kier molecular flexibility index (Phi) is 8.38. The van der Waals surface area contributed by atoms with Gasteiger partial charge in [-0.25, -0.2) is 15.0 Å². The van der Waals surface area contributed by atoms with Crippen molar-refractivity contribution in [3.8, 4) is 67.9 Å². The van der Waals surface area contributed by atoms with E-state index in [2.05, 4.69) is 191 Å². The van der Waals surface area contributed by atoms with Gasteiger partial charge in [0.05, 0.1) is 33.4 Å². The smallest absolute Gasteiger partial charge is 0.164 e. The highest BCUT2D eigenvalue weighted by molar-refractivity contribution is 6.11. The monoisotopic (exact) mass is 792 g/mol. The summed E-state index contributed by atoms with van der Waals surface area (Å²) in [6, 6.07) is 74.2. The van der Waals surface area contributed by atoms with Crippen molar-refractivity contribution in [2.75, 3.05) is 0 Å². The second-order valence-electron chi connectivity index (χ2n) is 15.5. The van der Waals surface area contributed by atoms with Gasteiger partial charge in [-0.15, -0.1) is 0 Å². The van der Waals surface area contributed by atoms with Crippen LogP contribution in [0.4, 0.5) is 0 Å². The van der Waals surface area contributed by atoms with E-state index in [9.17, 15) is 0 Å². The number of nitrogens with zero attached hydrogens (tertiary/aromatic N) is 6. The molecule has 0 bridgehead atoms. The highest BCUT2D eigenvalue weighted by Gasteiger charge is 2.21. The fourth-order valence-electron chi connectivity index (χ4n) is 9.02. The lowest BCUT2D eigenvalue weighted by molar-refractivity contribution is 1.07. The molecule has 0 amide bonds. The highest BCUT2D eigenvalue weighted by atomic mass is 15.0. The average Bonchev–Trinajstić information content (AvgIpc) is 3.87. The molecule has 0 saturated carbocycles. The van der Waals surface area contributed by atoms with Crippen LogP contribution in [0.25, 0.3) is 112 Å². The second kappa shape index (κ2) is 14.7. The topological polar surface area (TPSA) is 61.4 Å². The zero-order valence-electron chi connectivity index (χ0n) is 33.5. The van der Waals surface area contributed by atoms with E-state index in [0.717, 1.165) is 72.5 Å². The van der Waals surface area contributed by atoms with Crippen LogP contribution in [-0.4, -0.2) is 29.1 Å². The van der Waals surface area contributed by atoms with E-state index >= 15 is 0 Å². The number of hydrogen-bond acceptors (Lipinski definition) is 4. The van der Waals surface area contributed by atoms with Crippen LogP contribution >= 0.6 is 0 Å². The summed E-state index contributed by atoms with van der Waals surface area (Å²) in [4.78, 5) is 20.5. The van der Waals surface area contributed by atoms with Crippen LogP contribution in [0.15, 0.2) is 219 Å². The van der Waals surface area contributed by atoms with Crippen molar-refractivity contribution in [3.05, 3.63) is 219 Å². The van der Waals surface area contributed by atoms with Crippen molar-refractivity contribution in [3.63, 3.8) is 0 Å². The lowest BCUT2D eigenvalue weighted by atomic mass is 9.99. The molecule has 0 radical (unpaired) electrons. The maximum Gasteiger partial charge on any atom is 0.164 e. The minimum absolute atomic E-state index is 0.594. The summed E-state index contributed by atoms with van der Waals surface area (Å²) in [5.41, 5.74) is 13.4. The molecule has 62 heavy (non-hydrogen) atoms. The summed E-state index contributed by atoms with van der Waals surface area (Å²) in [6.45, 7) is 0. The molecule has 0 aliphatic heterocycles. The van der Waals surface area contributed by atoms with E-state index in [-0.39, 0.29) is 0 Å². The lowest BCUT2D eigenvalue weighted by Crippen LogP contribution is -2.03. The molecule has 12 rings (SSSR count). The molecule has 0 saturated heterocycles. The van der Waals surface area contributed by atoms with Gasteiger partial charge < -0.3 is 9.13 Å². The van der Waals surface area contributed by atoms with Crippen molar-refractivity contribution in [2.45, 2.75) is 0 Å². The molecule has 6 heteroatoms. The van der Waals surface area contributed by atoms with Crippen LogP contribution in [0, 0.1) is 0 Å². The average molecular weight is 793 g/mol. The van der Waals surface area contributed by atoms with Gasteiger partial charge in [-0.1, -0.05) is 170 Å². The molecule has 0 atom stereocenters. The van der Waals surface area contributed by atoms with E-state index in [1.807, 2.05) is 36.5 Å². The van der Waals surface area contributed by atoms with E-state index in [0.29, 0.717) is 17.5 Å². The first kappa shape index (κ1) is 35.5. The summed E-state index contributed by atoms with van der Waals surface area (Å²) in [7, 11) is 0. The predicted octanol–water partition coefficient (Wildman–Crippen LogP) is 13.8. The van der Waals surface area contributed by atoms with Gasteiger partial charge in [0.15, 0.2) is 17.5 Å². The standard InChI is InChI=1S/C56H36N6/c1-3-16-37(17-4-1)43-34-35-57-52(53(43)62-50-28-13-9-24-46(50)47-25-10-14-29-51(47)62)38-30-32-40(33-31-38)55-58-54(39-18-5-2-6-19-39)59-56(60-55)41-20-15-21-42(36-41)61-48-26-11-7-22-44(48)45-23-8-12-27-49(45)61/h1-36H. The number of hydrogen-bond donors (Lipinski definition) is 0. The molecule has 12 aromatic rings. The Labute approximate surface area is 357 Å². The number of aromatic nitrogens is 6. The molecule has 0 unspecified atom stereocenters. The number of rotatable bonds is 7. The molecule has 4 heterocycles. The molecular weight excluding hydrogens is 757 g/mol. The summed E-state index contributed by atoms with van der Waals surface area (Å²) in [5, 5.41) is 4.84. The van der Waals surface area contributed by atoms with Gasteiger partial charge in [-0.3, -0.25) is 4.98 Å². The normalized spacial score (nSPS) is 11.5. The predicted molar refractivity (Wildman–Crippen MR) is 253 cm³/mol. The van der Waals surface area contributed by atoms with Crippen molar-refractivity contribution >= 4 is 43.6 Å². The van der Waals surface area contributed by atoms with Crippen molar-refractivity contribution in [1.29, 1.82) is 0 Å². The van der Waals surface area contributed by atoms with Gasteiger partial charge in [-0.05, 0) is 48.0 Å². The zero-order valence-corrected chi connectivity index (χ0v) is 33.5. The number of benzene rings is 8. The van der Waals surface area contributed by atoms with Crippen molar-refractivity contribution < 1.29 is 0 Å². The number of fused-ring (bicyclic) bond motifs is 6. The maximum absolute atomic E-state index is 5.18. The molecular formula is C56H36N6. The quantitative estimate of drug-likeness (QED) is 0.161. The van der Waals surface area contributed by atoms with E-state index in [1.54, 1.807) is 0 Å². The lowest BCUT2D eigenvalue weighted by Gasteiger charge is -2.18. The molecule has 8 aromatic carbocycles. The van der Waals surface area contributed by atoms with Gasteiger partial charge >= 0.3 is 0 Å². The molecule has 290 valence electrons. The Balaban J connectivity index is 1.01. The van der Waals surface area contributed by atoms with Gasteiger partial charge in [0.1, 0.15) is 0 Å².